The molecule has 1 aromatic heterocycles. The summed E-state index contributed by atoms with van der Waals surface area (Å²) in [6, 6.07) is 8.35. The molecule has 2 saturated carbocycles. The molecule has 0 bridgehead atoms. The number of hydrogen-bond donors (Lipinski definition) is 1. The molecule has 38 heavy (non-hydrogen) atoms. The van der Waals surface area contributed by atoms with Gasteiger partial charge in [-0.15, -0.1) is 17.3 Å². The van der Waals surface area contributed by atoms with Gasteiger partial charge < -0.3 is 10.0 Å². The monoisotopic (exact) mass is 526 g/mol. The average Bonchev–Trinajstić information content (AvgIpc) is 3.54. The molecule has 6 rings (SSSR count). The van der Waals surface area contributed by atoms with Gasteiger partial charge in [0.1, 0.15) is 10.5 Å². The molecule has 4 aliphatic rings. The lowest BCUT2D eigenvalue weighted by atomic mass is 9.51. The van der Waals surface area contributed by atoms with Gasteiger partial charge in [-0.25, -0.2) is 0 Å². The number of carbonyl (C=O) groups excluding carboxylic acids is 2. The summed E-state index contributed by atoms with van der Waals surface area (Å²) >= 11 is 1.34. The van der Waals surface area contributed by atoms with E-state index in [1.807, 2.05) is 25.1 Å². The number of aromatic nitrogens is 1. The topological polar surface area (TPSA) is 70.5 Å². The highest BCUT2D eigenvalue weighted by molar-refractivity contribution is 7.11. The summed E-state index contributed by atoms with van der Waals surface area (Å²) in [4.78, 5) is 31.5. The molecule has 0 saturated heterocycles. The molecule has 0 radical (unpaired) electrons. The molecule has 1 N–H and O–H groups in total. The standard InChI is InChI=1S/C32H34N2O3S/c1-4-14-32(37)15-13-27-25-11-7-21-16-23(35)10-12-24(21)29(25)26(17-31(27,32)2)20-5-8-22(9-6-20)34(3)30(36)28-18-33-19-38-28/h5-6,8-9,16,18-19,25-27,37H,7,10-13,15,17H2,1-3H3/t25-,26+,27-,31-,32-/m0/s1. The maximum Gasteiger partial charge on any atom is 0.269 e. The largest absolute Gasteiger partial charge is 0.377 e. The van der Waals surface area contributed by atoms with E-state index in [2.05, 4.69) is 35.9 Å². The van der Waals surface area contributed by atoms with Crippen LogP contribution in [0.4, 0.5) is 5.69 Å². The fraction of sp³-hybridized carbons (Fsp3) is 0.469. The number of nitrogens with zero attached hydrogens (tertiary/aromatic N) is 2. The van der Waals surface area contributed by atoms with Crippen molar-refractivity contribution in [3.8, 4) is 11.8 Å². The van der Waals surface area contributed by atoms with E-state index in [4.69, 9.17) is 0 Å². The molecule has 2 fully saturated rings. The zero-order valence-electron chi connectivity index (χ0n) is 22.3. The van der Waals surface area contributed by atoms with E-state index in [0.717, 1.165) is 37.8 Å². The van der Waals surface area contributed by atoms with Crippen LogP contribution < -0.4 is 4.90 Å². The van der Waals surface area contributed by atoms with Crippen LogP contribution in [-0.2, 0) is 4.79 Å². The van der Waals surface area contributed by atoms with Gasteiger partial charge in [0, 0.05) is 30.5 Å². The van der Waals surface area contributed by atoms with Gasteiger partial charge in [0.2, 0.25) is 0 Å². The summed E-state index contributed by atoms with van der Waals surface area (Å²) in [5.74, 6) is 7.35. The molecule has 5 atom stereocenters. The number of allylic oxidation sites excluding steroid dienone is 4. The predicted molar refractivity (Wildman–Crippen MR) is 150 cm³/mol. The molecule has 1 heterocycles. The van der Waals surface area contributed by atoms with Crippen LogP contribution in [0.5, 0.6) is 0 Å². The molecule has 196 valence electrons. The average molecular weight is 527 g/mol. The second-order valence-corrected chi connectivity index (χ2v) is 12.5. The van der Waals surface area contributed by atoms with Gasteiger partial charge in [0.15, 0.2) is 5.78 Å². The van der Waals surface area contributed by atoms with Gasteiger partial charge in [0.05, 0.1) is 11.7 Å². The third-order valence-electron chi connectivity index (χ3n) is 9.85. The van der Waals surface area contributed by atoms with Crippen molar-refractivity contribution in [1.29, 1.82) is 0 Å². The van der Waals surface area contributed by atoms with E-state index >= 15 is 0 Å². The summed E-state index contributed by atoms with van der Waals surface area (Å²) in [5.41, 5.74) is 6.54. The summed E-state index contributed by atoms with van der Waals surface area (Å²) in [6.07, 6.45) is 9.39. The Hall–Kier alpha value is -3.01. The number of ketones is 1. The smallest absolute Gasteiger partial charge is 0.269 e. The van der Waals surface area contributed by atoms with Crippen molar-refractivity contribution in [3.05, 3.63) is 69.2 Å². The van der Waals surface area contributed by atoms with Crippen LogP contribution in [0, 0.1) is 29.1 Å². The third kappa shape index (κ3) is 3.82. The van der Waals surface area contributed by atoms with Gasteiger partial charge >= 0.3 is 0 Å². The molecule has 0 spiro atoms. The number of carbonyl (C=O) groups is 2. The normalized spacial score (nSPS) is 31.9. The van der Waals surface area contributed by atoms with Crippen LogP contribution in [0.2, 0.25) is 0 Å². The molecule has 1 amide bonds. The van der Waals surface area contributed by atoms with Gasteiger partial charge in [-0.05, 0) is 92.2 Å². The molecule has 6 heteroatoms. The van der Waals surface area contributed by atoms with Crippen LogP contribution >= 0.6 is 11.3 Å². The van der Waals surface area contributed by atoms with E-state index in [9.17, 15) is 14.7 Å². The number of rotatable bonds is 3. The minimum atomic E-state index is -0.985. The lowest BCUT2D eigenvalue weighted by Gasteiger charge is -2.53. The van der Waals surface area contributed by atoms with Gasteiger partial charge in [-0.3, -0.25) is 14.6 Å². The lowest BCUT2D eigenvalue weighted by molar-refractivity contribution is -0.114. The van der Waals surface area contributed by atoms with E-state index < -0.39 is 5.60 Å². The Morgan fingerprint density at radius 3 is 2.68 bits per heavy atom. The minimum absolute atomic E-state index is 0.0682. The Morgan fingerprint density at radius 2 is 1.97 bits per heavy atom. The Bertz CT molecular complexity index is 1410. The van der Waals surface area contributed by atoms with Crippen molar-refractivity contribution in [2.45, 2.75) is 70.3 Å². The van der Waals surface area contributed by atoms with Crippen LogP contribution in [0.25, 0.3) is 0 Å². The number of anilines is 1. The SMILES string of the molecule is CC#C[C@]1(O)CC[C@H]2[C@@H]3CCC4=CC(=O)CCC4=C3[C@@H](c3ccc(N(C)C(=O)c4cncs4)cc3)C[C@@]21C. The summed E-state index contributed by atoms with van der Waals surface area (Å²) in [5, 5.41) is 11.8. The zero-order chi connectivity index (χ0) is 26.7. The maximum atomic E-state index is 12.9. The second-order valence-electron chi connectivity index (χ2n) is 11.6. The Morgan fingerprint density at radius 1 is 1.18 bits per heavy atom. The van der Waals surface area contributed by atoms with Crippen molar-refractivity contribution in [2.24, 2.45) is 17.3 Å². The molecule has 4 aliphatic carbocycles. The van der Waals surface area contributed by atoms with Gasteiger partial charge in [-0.2, -0.15) is 0 Å². The quantitative estimate of drug-likeness (QED) is 0.493. The third-order valence-corrected chi connectivity index (χ3v) is 10.6. The van der Waals surface area contributed by atoms with Crippen LogP contribution in [-0.4, -0.2) is 34.4 Å². The first kappa shape index (κ1) is 25.3. The summed E-state index contributed by atoms with van der Waals surface area (Å²) in [6.45, 7) is 4.08. The number of benzene rings is 1. The number of fused-ring (bicyclic) bond motifs is 4. The Labute approximate surface area is 228 Å². The van der Waals surface area contributed by atoms with Crippen molar-refractivity contribution >= 4 is 28.7 Å². The van der Waals surface area contributed by atoms with Crippen molar-refractivity contribution in [1.82, 2.24) is 4.98 Å². The van der Waals surface area contributed by atoms with Crippen molar-refractivity contribution < 1.29 is 14.7 Å². The highest BCUT2D eigenvalue weighted by Crippen LogP contribution is 2.66. The van der Waals surface area contributed by atoms with E-state index in [1.165, 1.54) is 33.6 Å². The molecule has 5 nitrogen and oxygen atoms in total. The van der Waals surface area contributed by atoms with E-state index in [0.29, 0.717) is 29.6 Å². The molecule has 0 unspecified atom stereocenters. The van der Waals surface area contributed by atoms with E-state index in [-0.39, 0.29) is 23.0 Å². The Kier molecular flexibility index (Phi) is 6.20. The van der Waals surface area contributed by atoms with Gasteiger partial charge in [0.25, 0.3) is 5.91 Å². The lowest BCUT2D eigenvalue weighted by Crippen LogP contribution is -2.51. The number of aliphatic hydroxyl groups is 1. The number of thiazole rings is 1. The predicted octanol–water partition coefficient (Wildman–Crippen LogP) is 6.07. The van der Waals surface area contributed by atoms with Gasteiger partial charge in [-0.1, -0.05) is 30.6 Å². The zero-order valence-corrected chi connectivity index (χ0v) is 23.1. The van der Waals surface area contributed by atoms with Crippen LogP contribution in [0.15, 0.2) is 58.8 Å². The fourth-order valence-electron chi connectivity index (χ4n) is 7.91. The number of amides is 1. The highest BCUT2D eigenvalue weighted by Gasteiger charge is 2.62. The first-order chi connectivity index (χ1) is 18.3. The first-order valence-electron chi connectivity index (χ1n) is 13.7. The summed E-state index contributed by atoms with van der Waals surface area (Å²) < 4.78 is 0. The van der Waals surface area contributed by atoms with Crippen LogP contribution in [0.3, 0.4) is 0 Å². The maximum absolute atomic E-state index is 12.9. The second kappa shape index (κ2) is 9.32. The van der Waals surface area contributed by atoms with E-state index in [1.54, 1.807) is 23.7 Å². The molecule has 2 aromatic rings. The Balaban J connectivity index is 1.42. The minimum Gasteiger partial charge on any atom is -0.377 e. The first-order valence-corrected chi connectivity index (χ1v) is 14.5. The van der Waals surface area contributed by atoms with Crippen LogP contribution in [0.1, 0.15) is 79.9 Å². The molecule has 1 aromatic carbocycles. The molecular formula is C32H34N2O3S. The molecule has 0 aliphatic heterocycles. The summed E-state index contributed by atoms with van der Waals surface area (Å²) in [7, 11) is 1.79. The number of hydrogen-bond acceptors (Lipinski definition) is 5. The molecular weight excluding hydrogens is 492 g/mol. The fourth-order valence-corrected chi connectivity index (χ4v) is 8.51. The highest BCUT2D eigenvalue weighted by atomic mass is 32.1. The van der Waals surface area contributed by atoms with Crippen molar-refractivity contribution in [2.75, 3.05) is 11.9 Å². The van der Waals surface area contributed by atoms with Crippen molar-refractivity contribution in [3.63, 3.8) is 0 Å².